The fourth-order valence-corrected chi connectivity index (χ4v) is 3.58. The van der Waals surface area contributed by atoms with E-state index in [9.17, 15) is 9.90 Å². The van der Waals surface area contributed by atoms with Crippen molar-refractivity contribution in [3.63, 3.8) is 0 Å². The number of nitrogens with zero attached hydrogens (tertiary/aromatic N) is 3. The molecule has 0 radical (unpaired) electrons. The van der Waals surface area contributed by atoms with Gasteiger partial charge in [0.05, 0.1) is 12.6 Å². The Kier molecular flexibility index (Phi) is 7.04. The molecule has 1 atom stereocenters. The van der Waals surface area contributed by atoms with Gasteiger partial charge in [0.2, 0.25) is 0 Å². The highest BCUT2D eigenvalue weighted by atomic mass is 35.5. The van der Waals surface area contributed by atoms with Crippen LogP contribution in [0.15, 0.2) is 63.9 Å². The van der Waals surface area contributed by atoms with Crippen LogP contribution < -0.4 is 5.76 Å². The van der Waals surface area contributed by atoms with Crippen molar-refractivity contribution < 1.29 is 9.63 Å². The first-order valence-corrected chi connectivity index (χ1v) is 9.46. The normalized spacial score (nSPS) is 15.1. The van der Waals surface area contributed by atoms with Crippen molar-refractivity contribution in [2.45, 2.75) is 25.6 Å². The van der Waals surface area contributed by atoms with Gasteiger partial charge in [0.1, 0.15) is 0 Å². The molecule has 1 aliphatic rings. The van der Waals surface area contributed by atoms with E-state index in [1.165, 1.54) is 15.7 Å². The van der Waals surface area contributed by atoms with E-state index in [0.29, 0.717) is 12.4 Å². The van der Waals surface area contributed by atoms with E-state index in [-0.39, 0.29) is 19.0 Å². The zero-order valence-corrected chi connectivity index (χ0v) is 16.8. The molecule has 152 valence electrons. The first-order valence-electron chi connectivity index (χ1n) is 9.46. The summed E-state index contributed by atoms with van der Waals surface area (Å²) in [6, 6.07) is 18.1. The number of hydrogen-bond acceptors (Lipinski definition) is 5. The molecule has 6 nitrogen and oxygen atoms in total. The van der Waals surface area contributed by atoms with Gasteiger partial charge in [-0.25, -0.2) is 4.79 Å². The highest BCUT2D eigenvalue weighted by Crippen LogP contribution is 2.18. The standard InChI is InChI=1S/C22H23N3O3.ClH/c26-20(15-24-13-12-18-8-4-5-9-19(18)14-24)16-25-21(23-28-22(25)27)11-10-17-6-2-1-3-7-17;/h1-11,20,26H,12-16H2;1H/b11-10+;. The molecule has 0 bridgehead atoms. The molecular weight excluding hydrogens is 390 g/mol. The van der Waals surface area contributed by atoms with Crippen LogP contribution in [0.2, 0.25) is 0 Å². The minimum Gasteiger partial charge on any atom is -0.390 e. The van der Waals surface area contributed by atoms with Crippen LogP contribution in [-0.4, -0.2) is 38.9 Å². The highest BCUT2D eigenvalue weighted by molar-refractivity contribution is 5.85. The SMILES string of the molecule is Cl.O=c1onc(/C=C/c2ccccc2)n1CC(O)CN1CCc2ccccc2C1. The summed E-state index contributed by atoms with van der Waals surface area (Å²) < 4.78 is 6.18. The van der Waals surface area contributed by atoms with Crippen molar-refractivity contribution in [3.05, 3.63) is 87.7 Å². The molecule has 1 unspecified atom stereocenters. The number of aliphatic hydroxyl groups is 1. The van der Waals surface area contributed by atoms with Crippen molar-refractivity contribution in [2.75, 3.05) is 13.1 Å². The third-order valence-corrected chi connectivity index (χ3v) is 5.01. The molecule has 1 aromatic heterocycles. The smallest absolute Gasteiger partial charge is 0.390 e. The summed E-state index contributed by atoms with van der Waals surface area (Å²) in [5.41, 5.74) is 3.67. The summed E-state index contributed by atoms with van der Waals surface area (Å²) in [5.74, 6) is -0.160. The van der Waals surface area contributed by atoms with Gasteiger partial charge in [-0.1, -0.05) is 65.8 Å². The average Bonchev–Trinajstić information content (AvgIpc) is 3.06. The summed E-state index contributed by atoms with van der Waals surface area (Å²) in [6.07, 6.45) is 3.87. The Hall–Kier alpha value is -2.67. The number of rotatable bonds is 6. The highest BCUT2D eigenvalue weighted by Gasteiger charge is 2.20. The van der Waals surface area contributed by atoms with E-state index in [4.69, 9.17) is 4.52 Å². The van der Waals surface area contributed by atoms with Gasteiger partial charge in [0, 0.05) is 19.6 Å². The zero-order valence-electron chi connectivity index (χ0n) is 16.0. The van der Waals surface area contributed by atoms with Crippen LogP contribution in [0.25, 0.3) is 12.2 Å². The second-order valence-corrected chi connectivity index (χ2v) is 7.07. The van der Waals surface area contributed by atoms with Crippen molar-refractivity contribution in [1.82, 2.24) is 14.6 Å². The molecule has 7 heteroatoms. The van der Waals surface area contributed by atoms with E-state index in [1.54, 1.807) is 6.08 Å². The Morgan fingerprint density at radius 1 is 1.03 bits per heavy atom. The molecule has 0 fully saturated rings. The molecular formula is C22H24ClN3O3. The summed E-state index contributed by atoms with van der Waals surface area (Å²) in [5, 5.41) is 14.4. The van der Waals surface area contributed by atoms with Gasteiger partial charge in [0.15, 0.2) is 5.82 Å². The van der Waals surface area contributed by atoms with Crippen molar-refractivity contribution >= 4 is 24.6 Å². The topological polar surface area (TPSA) is 71.5 Å². The van der Waals surface area contributed by atoms with Crippen LogP contribution in [0.3, 0.4) is 0 Å². The van der Waals surface area contributed by atoms with Crippen LogP contribution in [0.1, 0.15) is 22.5 Å². The van der Waals surface area contributed by atoms with Crippen LogP contribution in [0.5, 0.6) is 0 Å². The van der Waals surface area contributed by atoms with Gasteiger partial charge in [-0.15, -0.1) is 12.4 Å². The molecule has 2 heterocycles. The van der Waals surface area contributed by atoms with Crippen molar-refractivity contribution in [1.29, 1.82) is 0 Å². The van der Waals surface area contributed by atoms with Crippen LogP contribution in [0.4, 0.5) is 0 Å². The monoisotopic (exact) mass is 413 g/mol. The lowest BCUT2D eigenvalue weighted by Crippen LogP contribution is -2.39. The number of hydrogen-bond donors (Lipinski definition) is 1. The van der Waals surface area contributed by atoms with Crippen LogP contribution >= 0.6 is 12.4 Å². The Morgan fingerprint density at radius 2 is 1.76 bits per heavy atom. The van der Waals surface area contributed by atoms with Gasteiger partial charge < -0.3 is 5.11 Å². The van der Waals surface area contributed by atoms with Crippen molar-refractivity contribution in [2.24, 2.45) is 0 Å². The first kappa shape index (κ1) is 21.0. The van der Waals surface area contributed by atoms with Crippen LogP contribution in [-0.2, 0) is 19.5 Å². The lowest BCUT2D eigenvalue weighted by atomic mass is 10.00. The minimum atomic E-state index is -0.689. The Morgan fingerprint density at radius 3 is 2.55 bits per heavy atom. The van der Waals surface area contributed by atoms with Gasteiger partial charge in [0.25, 0.3) is 0 Å². The van der Waals surface area contributed by atoms with E-state index >= 15 is 0 Å². The maximum atomic E-state index is 12.0. The zero-order chi connectivity index (χ0) is 19.3. The van der Waals surface area contributed by atoms with Gasteiger partial charge in [-0.2, -0.15) is 0 Å². The maximum Gasteiger partial charge on any atom is 0.441 e. The number of halogens is 1. The fourth-order valence-electron chi connectivity index (χ4n) is 3.58. The Labute approximate surface area is 175 Å². The molecule has 0 saturated carbocycles. The molecule has 29 heavy (non-hydrogen) atoms. The second-order valence-electron chi connectivity index (χ2n) is 7.07. The van der Waals surface area contributed by atoms with E-state index in [2.05, 4.69) is 28.3 Å². The average molecular weight is 414 g/mol. The van der Waals surface area contributed by atoms with E-state index in [0.717, 1.165) is 25.1 Å². The fraction of sp³-hybridized carbons (Fsp3) is 0.273. The maximum absolute atomic E-state index is 12.0. The van der Waals surface area contributed by atoms with Crippen molar-refractivity contribution in [3.8, 4) is 0 Å². The molecule has 0 amide bonds. The summed E-state index contributed by atoms with van der Waals surface area (Å²) in [6.45, 7) is 2.35. The lowest BCUT2D eigenvalue weighted by Gasteiger charge is -2.30. The quantitative estimate of drug-likeness (QED) is 0.672. The first-order chi connectivity index (χ1) is 13.7. The molecule has 4 rings (SSSR count). The molecule has 1 N–H and O–H groups in total. The molecule has 1 aliphatic heterocycles. The van der Waals surface area contributed by atoms with Crippen LogP contribution in [0, 0.1) is 0 Å². The predicted octanol–water partition coefficient (Wildman–Crippen LogP) is 2.85. The Balaban J connectivity index is 0.00000240. The Bertz CT molecular complexity index is 1010. The number of aliphatic hydroxyl groups excluding tert-OH is 1. The van der Waals surface area contributed by atoms with Gasteiger partial charge in [-0.3, -0.25) is 14.0 Å². The third-order valence-electron chi connectivity index (χ3n) is 5.01. The summed E-state index contributed by atoms with van der Waals surface area (Å²) in [7, 11) is 0. The number of fused-ring (bicyclic) bond motifs is 1. The van der Waals surface area contributed by atoms with E-state index in [1.807, 2.05) is 42.5 Å². The third kappa shape index (κ3) is 5.23. The molecule has 0 spiro atoms. The molecule has 2 aromatic carbocycles. The molecule has 0 saturated heterocycles. The minimum absolute atomic E-state index is 0. The summed E-state index contributed by atoms with van der Waals surface area (Å²) in [4.78, 5) is 14.2. The molecule has 0 aliphatic carbocycles. The van der Waals surface area contributed by atoms with Gasteiger partial charge >= 0.3 is 5.76 Å². The second kappa shape index (κ2) is 9.69. The summed E-state index contributed by atoms with van der Waals surface area (Å²) >= 11 is 0. The molecule has 3 aromatic rings. The number of β-amino-alcohol motifs (C(OH)–C–C–N with tert-alkyl or cyclic N) is 1. The van der Waals surface area contributed by atoms with Gasteiger partial charge in [-0.05, 0) is 29.2 Å². The lowest BCUT2D eigenvalue weighted by molar-refractivity contribution is 0.0900. The number of benzene rings is 2. The van der Waals surface area contributed by atoms with E-state index < -0.39 is 11.9 Å². The number of aromatic nitrogens is 2. The predicted molar refractivity (Wildman–Crippen MR) is 115 cm³/mol. The largest absolute Gasteiger partial charge is 0.441 e.